The molecule has 1 heterocycles. The molecule has 4 rings (SSSR count). The quantitative estimate of drug-likeness (QED) is 0.362. The van der Waals surface area contributed by atoms with Crippen molar-refractivity contribution in [3.05, 3.63) is 98.8 Å². The number of nitrogens with zero attached hydrogens (tertiary/aromatic N) is 1. The fraction of sp³-hybridized carbons (Fsp3) is 0.0800. The molecule has 0 aliphatic carbocycles. The first-order chi connectivity index (χ1) is 16.2. The summed E-state index contributed by atoms with van der Waals surface area (Å²) in [6.45, 7) is 1.90. The average molecular weight is 499 g/mol. The van der Waals surface area contributed by atoms with E-state index in [0.29, 0.717) is 21.9 Å². The highest BCUT2D eigenvalue weighted by Crippen LogP contribution is 2.30. The van der Waals surface area contributed by atoms with Crippen LogP contribution in [0.1, 0.15) is 16.7 Å². The average Bonchev–Trinajstić information content (AvgIpc) is 2.79. The number of carbonyl (C=O) groups excluding carboxylic acids is 3. The molecule has 3 aromatic carbocycles. The molecule has 1 aliphatic heterocycles. The zero-order valence-electron chi connectivity index (χ0n) is 17.8. The SMILES string of the molecule is Cc1ccc(Cl)cc1N1C(=O)NC(=O)/C(=C\c2ccc(OCc3ccc(F)cc3)c(Cl)c2)C1=O. The third-order valence-electron chi connectivity index (χ3n) is 5.09. The Balaban J connectivity index is 1.58. The predicted octanol–water partition coefficient (Wildman–Crippen LogP) is 5.69. The maximum atomic E-state index is 13.1. The van der Waals surface area contributed by atoms with E-state index in [1.165, 1.54) is 30.3 Å². The Hall–Kier alpha value is -3.68. The van der Waals surface area contributed by atoms with Crippen LogP contribution in [0, 0.1) is 12.7 Å². The van der Waals surface area contributed by atoms with Gasteiger partial charge < -0.3 is 4.74 Å². The Morgan fingerprint density at radius 2 is 1.74 bits per heavy atom. The standard InChI is InChI=1S/C25H17Cl2FN2O4/c1-14-2-6-17(26)12-21(14)30-24(32)19(23(31)29-25(30)33)10-16-5-9-22(20(27)11-16)34-13-15-3-7-18(28)8-4-15/h2-12H,13H2,1H3,(H,29,31,33)/b19-10+. The Bertz CT molecular complexity index is 1340. The van der Waals surface area contributed by atoms with Gasteiger partial charge in [-0.3, -0.25) is 14.9 Å². The lowest BCUT2D eigenvalue weighted by atomic mass is 10.1. The summed E-state index contributed by atoms with van der Waals surface area (Å²) in [7, 11) is 0. The van der Waals surface area contributed by atoms with Crippen molar-refractivity contribution in [1.82, 2.24) is 5.32 Å². The van der Waals surface area contributed by atoms with E-state index in [4.69, 9.17) is 27.9 Å². The lowest BCUT2D eigenvalue weighted by molar-refractivity contribution is -0.122. The summed E-state index contributed by atoms with van der Waals surface area (Å²) in [5.41, 5.74) is 1.88. The van der Waals surface area contributed by atoms with Crippen LogP contribution in [0.15, 0.2) is 66.2 Å². The van der Waals surface area contributed by atoms with Crippen LogP contribution in [0.5, 0.6) is 5.75 Å². The van der Waals surface area contributed by atoms with E-state index in [1.807, 2.05) is 0 Å². The van der Waals surface area contributed by atoms with Gasteiger partial charge >= 0.3 is 6.03 Å². The number of aryl methyl sites for hydroxylation is 1. The molecular weight excluding hydrogens is 482 g/mol. The van der Waals surface area contributed by atoms with Crippen LogP contribution in [0.3, 0.4) is 0 Å². The molecule has 1 N–H and O–H groups in total. The smallest absolute Gasteiger partial charge is 0.335 e. The summed E-state index contributed by atoms with van der Waals surface area (Å²) < 4.78 is 18.7. The van der Waals surface area contributed by atoms with Gasteiger partial charge in [-0.15, -0.1) is 0 Å². The third-order valence-corrected chi connectivity index (χ3v) is 5.62. The summed E-state index contributed by atoms with van der Waals surface area (Å²) in [4.78, 5) is 38.8. The van der Waals surface area contributed by atoms with Gasteiger partial charge in [-0.1, -0.05) is 47.5 Å². The Morgan fingerprint density at radius 3 is 2.44 bits per heavy atom. The van der Waals surface area contributed by atoms with Crippen molar-refractivity contribution in [2.45, 2.75) is 13.5 Å². The summed E-state index contributed by atoms with van der Waals surface area (Å²) >= 11 is 12.4. The second-order valence-corrected chi connectivity index (χ2v) is 8.34. The summed E-state index contributed by atoms with van der Waals surface area (Å²) in [6.07, 6.45) is 1.34. The van der Waals surface area contributed by atoms with Crippen molar-refractivity contribution < 1.29 is 23.5 Å². The van der Waals surface area contributed by atoms with Crippen LogP contribution >= 0.6 is 23.2 Å². The fourth-order valence-electron chi connectivity index (χ4n) is 3.33. The summed E-state index contributed by atoms with van der Waals surface area (Å²) in [6, 6.07) is 14.5. The van der Waals surface area contributed by atoms with Gasteiger partial charge in [0.05, 0.1) is 10.7 Å². The predicted molar refractivity (Wildman–Crippen MR) is 127 cm³/mol. The molecule has 9 heteroatoms. The molecule has 0 atom stereocenters. The van der Waals surface area contributed by atoms with E-state index in [-0.39, 0.29) is 28.7 Å². The first-order valence-electron chi connectivity index (χ1n) is 10.1. The van der Waals surface area contributed by atoms with Crippen LogP contribution in [0.4, 0.5) is 14.9 Å². The number of benzene rings is 3. The highest BCUT2D eigenvalue weighted by Gasteiger charge is 2.37. The van der Waals surface area contributed by atoms with Crippen LogP contribution in [-0.2, 0) is 16.2 Å². The van der Waals surface area contributed by atoms with E-state index in [9.17, 15) is 18.8 Å². The largest absolute Gasteiger partial charge is 0.487 e. The molecule has 3 aromatic rings. The normalized spacial score (nSPS) is 15.0. The molecule has 0 unspecified atom stereocenters. The number of rotatable bonds is 5. The number of imide groups is 2. The highest BCUT2D eigenvalue weighted by molar-refractivity contribution is 6.40. The van der Waals surface area contributed by atoms with Gasteiger partial charge in [0.15, 0.2) is 0 Å². The molecule has 0 aromatic heterocycles. The Kier molecular flexibility index (Phi) is 6.68. The van der Waals surface area contributed by atoms with Gasteiger partial charge in [0.2, 0.25) is 0 Å². The van der Waals surface area contributed by atoms with Crippen molar-refractivity contribution in [1.29, 1.82) is 0 Å². The number of amides is 4. The number of nitrogens with one attached hydrogen (secondary N) is 1. The topological polar surface area (TPSA) is 75.7 Å². The molecule has 0 spiro atoms. The number of anilines is 1. The van der Waals surface area contributed by atoms with Gasteiger partial charge in [-0.2, -0.15) is 0 Å². The minimum Gasteiger partial charge on any atom is -0.487 e. The molecule has 172 valence electrons. The number of ether oxygens (including phenoxy) is 1. The second kappa shape index (κ2) is 9.67. The van der Waals surface area contributed by atoms with Gasteiger partial charge in [-0.25, -0.2) is 14.1 Å². The number of carbonyl (C=O) groups is 3. The second-order valence-electron chi connectivity index (χ2n) is 7.49. The molecular formula is C25H17Cl2FN2O4. The molecule has 1 fully saturated rings. The number of hydrogen-bond donors (Lipinski definition) is 1. The monoisotopic (exact) mass is 498 g/mol. The first-order valence-corrected chi connectivity index (χ1v) is 10.8. The molecule has 0 saturated carbocycles. The maximum absolute atomic E-state index is 13.1. The van der Waals surface area contributed by atoms with Gasteiger partial charge in [0.25, 0.3) is 11.8 Å². The minimum atomic E-state index is -0.861. The number of hydrogen-bond acceptors (Lipinski definition) is 4. The number of urea groups is 1. The maximum Gasteiger partial charge on any atom is 0.335 e. The van der Waals surface area contributed by atoms with Gasteiger partial charge in [0.1, 0.15) is 23.7 Å². The molecule has 1 saturated heterocycles. The van der Waals surface area contributed by atoms with Crippen LogP contribution in [0.25, 0.3) is 6.08 Å². The van der Waals surface area contributed by atoms with Crippen molar-refractivity contribution in [3.8, 4) is 5.75 Å². The zero-order valence-corrected chi connectivity index (χ0v) is 19.3. The molecule has 1 aliphatic rings. The number of halogens is 3. The van der Waals surface area contributed by atoms with Crippen LogP contribution in [-0.4, -0.2) is 17.8 Å². The highest BCUT2D eigenvalue weighted by atomic mass is 35.5. The van der Waals surface area contributed by atoms with Crippen molar-refractivity contribution >= 4 is 52.8 Å². The van der Waals surface area contributed by atoms with E-state index in [0.717, 1.165) is 10.5 Å². The van der Waals surface area contributed by atoms with Crippen molar-refractivity contribution in [2.24, 2.45) is 0 Å². The lowest BCUT2D eigenvalue weighted by Gasteiger charge is -2.27. The molecule has 0 bridgehead atoms. The van der Waals surface area contributed by atoms with Gasteiger partial charge in [-0.05, 0) is 66.1 Å². The van der Waals surface area contributed by atoms with E-state index < -0.39 is 17.8 Å². The Morgan fingerprint density at radius 1 is 1.00 bits per heavy atom. The molecule has 0 radical (unpaired) electrons. The fourth-order valence-corrected chi connectivity index (χ4v) is 3.74. The minimum absolute atomic E-state index is 0.178. The first kappa shape index (κ1) is 23.5. The molecule has 4 amide bonds. The van der Waals surface area contributed by atoms with Gasteiger partial charge in [0, 0.05) is 5.02 Å². The lowest BCUT2D eigenvalue weighted by Crippen LogP contribution is -2.54. The van der Waals surface area contributed by atoms with E-state index >= 15 is 0 Å². The summed E-state index contributed by atoms with van der Waals surface area (Å²) in [5, 5.41) is 2.76. The van der Waals surface area contributed by atoms with Crippen molar-refractivity contribution in [2.75, 3.05) is 4.90 Å². The third kappa shape index (κ3) is 4.95. The van der Waals surface area contributed by atoms with Crippen molar-refractivity contribution in [3.63, 3.8) is 0 Å². The molecule has 6 nitrogen and oxygen atoms in total. The van der Waals surface area contributed by atoms with Crippen LogP contribution in [0.2, 0.25) is 10.0 Å². The van der Waals surface area contributed by atoms with Crippen LogP contribution < -0.4 is 15.0 Å². The van der Waals surface area contributed by atoms with E-state index in [1.54, 1.807) is 43.3 Å². The Labute approximate surface area is 204 Å². The van der Waals surface area contributed by atoms with E-state index in [2.05, 4.69) is 5.32 Å². The summed E-state index contributed by atoms with van der Waals surface area (Å²) in [5.74, 6) is -1.57. The molecule has 34 heavy (non-hydrogen) atoms. The number of barbiturate groups is 1. The zero-order chi connectivity index (χ0) is 24.4.